The predicted molar refractivity (Wildman–Crippen MR) is 101 cm³/mol. The normalized spacial score (nSPS) is 16.0. The van der Waals surface area contributed by atoms with Crippen molar-refractivity contribution in [3.8, 4) is 5.75 Å². The van der Waals surface area contributed by atoms with Crippen LogP contribution >= 0.6 is 0 Å². The number of hydrogen-bond donors (Lipinski definition) is 1. The molecular formula is C21H19F3N2O3. The van der Waals surface area contributed by atoms with Crippen LogP contribution in [0.15, 0.2) is 36.4 Å². The van der Waals surface area contributed by atoms with Gasteiger partial charge in [0.1, 0.15) is 5.75 Å². The third-order valence-electron chi connectivity index (χ3n) is 5.16. The quantitative estimate of drug-likeness (QED) is 0.843. The maximum absolute atomic E-state index is 12.9. The molecule has 2 aromatic rings. The van der Waals surface area contributed by atoms with Crippen molar-refractivity contribution in [2.45, 2.75) is 31.9 Å². The Labute approximate surface area is 165 Å². The number of carbonyl (C=O) groups excluding carboxylic acids is 2. The zero-order valence-electron chi connectivity index (χ0n) is 15.5. The van der Waals surface area contributed by atoms with Gasteiger partial charge in [0.15, 0.2) is 6.61 Å². The number of alkyl halides is 3. The highest BCUT2D eigenvalue weighted by atomic mass is 19.4. The molecule has 2 aliphatic rings. The van der Waals surface area contributed by atoms with Crippen LogP contribution < -0.4 is 15.0 Å². The molecule has 0 fully saturated rings. The standard InChI is InChI=1S/C21H19F3N2O3/c22-21(23,24)15-4-7-18-14(10-15)2-1-9-26(18)20(28)12-29-16-5-6-17-13(11-16)3-8-19(27)25-17/h4-7,10-11H,1-3,8-9,12H2,(H,25,27). The van der Waals surface area contributed by atoms with E-state index in [0.29, 0.717) is 49.2 Å². The summed E-state index contributed by atoms with van der Waals surface area (Å²) in [5.74, 6) is 0.174. The number of fused-ring (bicyclic) bond motifs is 2. The number of carbonyl (C=O) groups is 2. The molecule has 0 bridgehead atoms. The Bertz CT molecular complexity index is 972. The number of hydrogen-bond acceptors (Lipinski definition) is 3. The molecule has 0 aromatic heterocycles. The van der Waals surface area contributed by atoms with Crippen molar-refractivity contribution >= 4 is 23.2 Å². The summed E-state index contributed by atoms with van der Waals surface area (Å²) in [6, 6.07) is 8.69. The summed E-state index contributed by atoms with van der Waals surface area (Å²) in [6.07, 6.45) is -2.30. The lowest BCUT2D eigenvalue weighted by Gasteiger charge is -2.30. The van der Waals surface area contributed by atoms with Gasteiger partial charge in [-0.25, -0.2) is 0 Å². The lowest BCUT2D eigenvalue weighted by molar-refractivity contribution is -0.137. The summed E-state index contributed by atoms with van der Waals surface area (Å²) in [6.45, 7) is 0.225. The van der Waals surface area contributed by atoms with Gasteiger partial charge in [-0.1, -0.05) is 0 Å². The number of ether oxygens (including phenoxy) is 1. The highest BCUT2D eigenvalue weighted by molar-refractivity contribution is 5.96. The number of nitrogens with zero attached hydrogens (tertiary/aromatic N) is 1. The molecule has 4 rings (SSSR count). The molecule has 0 unspecified atom stereocenters. The first-order chi connectivity index (χ1) is 13.8. The van der Waals surface area contributed by atoms with Crippen LogP contribution in [0.5, 0.6) is 5.75 Å². The molecule has 2 amide bonds. The fraction of sp³-hybridized carbons (Fsp3) is 0.333. The van der Waals surface area contributed by atoms with E-state index >= 15 is 0 Å². The average molecular weight is 404 g/mol. The number of benzene rings is 2. The molecule has 0 atom stereocenters. The molecular weight excluding hydrogens is 385 g/mol. The van der Waals surface area contributed by atoms with E-state index in [1.807, 2.05) is 0 Å². The molecule has 0 radical (unpaired) electrons. The summed E-state index contributed by atoms with van der Waals surface area (Å²) in [7, 11) is 0. The van der Waals surface area contributed by atoms with E-state index in [1.54, 1.807) is 18.2 Å². The minimum Gasteiger partial charge on any atom is -0.484 e. The number of aryl methyl sites for hydroxylation is 2. The summed E-state index contributed by atoms with van der Waals surface area (Å²) >= 11 is 0. The van der Waals surface area contributed by atoms with Crippen LogP contribution in [0.2, 0.25) is 0 Å². The number of amides is 2. The average Bonchev–Trinajstić information content (AvgIpc) is 2.70. The Hall–Kier alpha value is -3.03. The van der Waals surface area contributed by atoms with E-state index in [1.165, 1.54) is 11.0 Å². The van der Waals surface area contributed by atoms with Crippen molar-refractivity contribution in [3.05, 3.63) is 53.1 Å². The molecule has 0 aliphatic carbocycles. The highest BCUT2D eigenvalue weighted by Gasteiger charge is 2.32. The Kier molecular flexibility index (Phi) is 4.94. The van der Waals surface area contributed by atoms with Crippen LogP contribution in [0.3, 0.4) is 0 Å². The second-order valence-electron chi connectivity index (χ2n) is 7.15. The van der Waals surface area contributed by atoms with Crippen molar-refractivity contribution in [2.75, 3.05) is 23.4 Å². The van der Waals surface area contributed by atoms with Crippen molar-refractivity contribution in [1.82, 2.24) is 0 Å². The van der Waals surface area contributed by atoms with Crippen LogP contribution in [0.1, 0.15) is 29.5 Å². The first kappa shape index (κ1) is 19.3. The van der Waals surface area contributed by atoms with Crippen LogP contribution in [0, 0.1) is 0 Å². The largest absolute Gasteiger partial charge is 0.484 e. The Morgan fingerprint density at radius 1 is 1.07 bits per heavy atom. The van der Waals surface area contributed by atoms with E-state index in [-0.39, 0.29) is 18.4 Å². The summed E-state index contributed by atoms with van der Waals surface area (Å²) in [4.78, 5) is 25.6. The van der Waals surface area contributed by atoms with E-state index in [9.17, 15) is 22.8 Å². The van der Waals surface area contributed by atoms with Crippen molar-refractivity contribution in [2.24, 2.45) is 0 Å². The van der Waals surface area contributed by atoms with Crippen LogP contribution in [-0.4, -0.2) is 25.0 Å². The van der Waals surface area contributed by atoms with Gasteiger partial charge in [-0.15, -0.1) is 0 Å². The number of nitrogens with one attached hydrogen (secondary N) is 1. The summed E-state index contributed by atoms with van der Waals surface area (Å²) in [5.41, 5.74) is 2.00. The third kappa shape index (κ3) is 4.06. The maximum atomic E-state index is 12.9. The first-order valence-corrected chi connectivity index (χ1v) is 9.37. The fourth-order valence-corrected chi connectivity index (χ4v) is 3.71. The van der Waals surface area contributed by atoms with Gasteiger partial charge < -0.3 is 15.0 Å². The molecule has 2 aromatic carbocycles. The fourth-order valence-electron chi connectivity index (χ4n) is 3.71. The molecule has 8 heteroatoms. The summed E-state index contributed by atoms with van der Waals surface area (Å²) < 4.78 is 44.4. The number of halogens is 3. The molecule has 29 heavy (non-hydrogen) atoms. The molecule has 0 saturated heterocycles. The lowest BCUT2D eigenvalue weighted by atomic mass is 9.99. The minimum absolute atomic E-state index is 0.0289. The maximum Gasteiger partial charge on any atom is 0.416 e. The molecule has 2 aliphatic heterocycles. The van der Waals surface area contributed by atoms with Gasteiger partial charge in [-0.2, -0.15) is 13.2 Å². The van der Waals surface area contributed by atoms with Gasteiger partial charge in [0.2, 0.25) is 5.91 Å². The van der Waals surface area contributed by atoms with Crippen LogP contribution in [-0.2, 0) is 28.6 Å². The highest BCUT2D eigenvalue weighted by Crippen LogP contribution is 2.35. The monoisotopic (exact) mass is 404 g/mol. The topological polar surface area (TPSA) is 58.6 Å². The van der Waals surface area contributed by atoms with E-state index in [4.69, 9.17) is 4.74 Å². The SMILES string of the molecule is O=C1CCc2cc(OCC(=O)N3CCCc4cc(C(F)(F)F)ccc43)ccc2N1. The minimum atomic E-state index is -4.41. The molecule has 5 nitrogen and oxygen atoms in total. The van der Waals surface area contributed by atoms with Crippen molar-refractivity contribution in [3.63, 3.8) is 0 Å². The second-order valence-corrected chi connectivity index (χ2v) is 7.15. The Balaban J connectivity index is 1.46. The zero-order chi connectivity index (χ0) is 20.6. The molecule has 152 valence electrons. The van der Waals surface area contributed by atoms with E-state index in [0.717, 1.165) is 23.4 Å². The summed E-state index contributed by atoms with van der Waals surface area (Å²) in [5, 5.41) is 2.78. The first-order valence-electron chi connectivity index (χ1n) is 9.37. The van der Waals surface area contributed by atoms with Gasteiger partial charge >= 0.3 is 6.18 Å². The van der Waals surface area contributed by atoms with Crippen LogP contribution in [0.4, 0.5) is 24.5 Å². The molecule has 0 spiro atoms. The molecule has 0 saturated carbocycles. The Morgan fingerprint density at radius 3 is 2.69 bits per heavy atom. The van der Waals surface area contributed by atoms with Crippen molar-refractivity contribution < 1.29 is 27.5 Å². The zero-order valence-corrected chi connectivity index (χ0v) is 15.5. The van der Waals surface area contributed by atoms with Gasteiger partial charge in [0.05, 0.1) is 5.56 Å². The van der Waals surface area contributed by atoms with E-state index in [2.05, 4.69) is 5.32 Å². The van der Waals surface area contributed by atoms with Gasteiger partial charge in [-0.05, 0) is 66.8 Å². The van der Waals surface area contributed by atoms with E-state index < -0.39 is 11.7 Å². The van der Waals surface area contributed by atoms with Gasteiger partial charge in [-0.3, -0.25) is 9.59 Å². The van der Waals surface area contributed by atoms with Gasteiger partial charge in [0, 0.05) is 24.3 Å². The van der Waals surface area contributed by atoms with Crippen molar-refractivity contribution in [1.29, 1.82) is 0 Å². The second kappa shape index (κ2) is 7.42. The number of anilines is 2. The van der Waals surface area contributed by atoms with Gasteiger partial charge in [0.25, 0.3) is 5.91 Å². The third-order valence-corrected chi connectivity index (χ3v) is 5.16. The molecule has 2 heterocycles. The van der Waals surface area contributed by atoms with Crippen LogP contribution in [0.25, 0.3) is 0 Å². The predicted octanol–water partition coefficient (Wildman–Crippen LogP) is 3.95. The lowest BCUT2D eigenvalue weighted by Crippen LogP contribution is -2.38. The Morgan fingerprint density at radius 2 is 1.90 bits per heavy atom. The smallest absolute Gasteiger partial charge is 0.416 e. The number of rotatable bonds is 3. The molecule has 1 N–H and O–H groups in total.